The molecule has 0 spiro atoms. The monoisotopic (exact) mass is 268 g/mol. The average molecular weight is 269 g/mol. The number of hydrogen-bond donors (Lipinski definition) is 1. The van der Waals surface area contributed by atoms with Crippen LogP contribution < -0.4 is 5.32 Å². The van der Waals surface area contributed by atoms with Crippen molar-refractivity contribution in [1.29, 1.82) is 0 Å². The van der Waals surface area contributed by atoms with Gasteiger partial charge < -0.3 is 5.32 Å². The zero-order chi connectivity index (χ0) is 13.4. The van der Waals surface area contributed by atoms with Gasteiger partial charge in [0.05, 0.1) is 0 Å². The van der Waals surface area contributed by atoms with Crippen LogP contribution in [0.15, 0.2) is 18.2 Å². The molecular weight excluding hydrogens is 248 g/mol. The lowest BCUT2D eigenvalue weighted by atomic mass is 10.1. The summed E-state index contributed by atoms with van der Waals surface area (Å²) in [5, 5.41) is 3.51. The number of halogens is 1. The second-order valence-electron chi connectivity index (χ2n) is 4.43. The van der Waals surface area contributed by atoms with Crippen LogP contribution in [-0.2, 0) is 11.3 Å². The highest BCUT2D eigenvalue weighted by molar-refractivity contribution is 6.31. The van der Waals surface area contributed by atoms with E-state index < -0.39 is 0 Å². The third kappa shape index (κ3) is 5.07. The van der Waals surface area contributed by atoms with Crippen molar-refractivity contribution in [1.82, 2.24) is 10.2 Å². The van der Waals surface area contributed by atoms with Crippen molar-refractivity contribution >= 4 is 18.0 Å². The maximum Gasteiger partial charge on any atom is 0.207 e. The summed E-state index contributed by atoms with van der Waals surface area (Å²) in [5.41, 5.74) is 2.32. The van der Waals surface area contributed by atoms with Gasteiger partial charge in [0.15, 0.2) is 0 Å². The van der Waals surface area contributed by atoms with E-state index in [9.17, 15) is 4.79 Å². The standard InChI is InChI=1S/C14H21ClN2O/c1-3-7-17(8-6-16-11-18)10-13-5-4-12(2)14(15)9-13/h4-5,9,11H,3,6-8,10H2,1-2H3,(H,16,18). The van der Waals surface area contributed by atoms with Crippen LogP contribution in [0.3, 0.4) is 0 Å². The molecule has 0 aliphatic rings. The minimum absolute atomic E-state index is 0.684. The average Bonchev–Trinajstić information content (AvgIpc) is 2.34. The van der Waals surface area contributed by atoms with Gasteiger partial charge in [-0.15, -0.1) is 0 Å². The van der Waals surface area contributed by atoms with Crippen molar-refractivity contribution in [3.8, 4) is 0 Å². The molecule has 1 aromatic rings. The first-order valence-electron chi connectivity index (χ1n) is 6.31. The molecule has 0 heterocycles. The van der Waals surface area contributed by atoms with E-state index in [0.717, 1.165) is 43.1 Å². The fraction of sp³-hybridized carbons (Fsp3) is 0.500. The molecule has 0 saturated heterocycles. The summed E-state index contributed by atoms with van der Waals surface area (Å²) in [7, 11) is 0. The Morgan fingerprint density at radius 3 is 2.78 bits per heavy atom. The Labute approximate surface area is 114 Å². The number of rotatable bonds is 8. The van der Waals surface area contributed by atoms with Crippen LogP contribution in [0, 0.1) is 6.92 Å². The lowest BCUT2D eigenvalue weighted by Gasteiger charge is -2.21. The molecule has 100 valence electrons. The van der Waals surface area contributed by atoms with E-state index in [1.54, 1.807) is 0 Å². The smallest absolute Gasteiger partial charge is 0.207 e. The van der Waals surface area contributed by atoms with Crippen molar-refractivity contribution in [2.45, 2.75) is 26.8 Å². The number of nitrogens with one attached hydrogen (secondary N) is 1. The van der Waals surface area contributed by atoms with Gasteiger partial charge in [-0.1, -0.05) is 30.7 Å². The van der Waals surface area contributed by atoms with Gasteiger partial charge in [-0.2, -0.15) is 0 Å². The van der Waals surface area contributed by atoms with Gasteiger partial charge in [-0.25, -0.2) is 0 Å². The third-order valence-electron chi connectivity index (χ3n) is 2.84. The minimum Gasteiger partial charge on any atom is -0.357 e. The van der Waals surface area contributed by atoms with Crippen LogP contribution in [0.25, 0.3) is 0 Å². The SMILES string of the molecule is CCCN(CCNC=O)Cc1ccc(C)c(Cl)c1. The molecule has 0 atom stereocenters. The van der Waals surface area contributed by atoms with Crippen molar-refractivity contribution in [2.24, 2.45) is 0 Å². The minimum atomic E-state index is 0.684. The molecule has 3 nitrogen and oxygen atoms in total. The summed E-state index contributed by atoms with van der Waals surface area (Å²) in [6, 6.07) is 6.18. The molecular formula is C14H21ClN2O. The summed E-state index contributed by atoms with van der Waals surface area (Å²) in [6.07, 6.45) is 1.84. The summed E-state index contributed by atoms with van der Waals surface area (Å²) >= 11 is 6.12. The Bertz CT molecular complexity index is 382. The molecule has 0 unspecified atom stereocenters. The first-order chi connectivity index (χ1) is 8.67. The van der Waals surface area contributed by atoms with Gasteiger partial charge >= 0.3 is 0 Å². The van der Waals surface area contributed by atoms with Crippen LogP contribution >= 0.6 is 11.6 Å². The van der Waals surface area contributed by atoms with Crippen LogP contribution in [-0.4, -0.2) is 30.9 Å². The lowest BCUT2D eigenvalue weighted by molar-refractivity contribution is -0.109. The third-order valence-corrected chi connectivity index (χ3v) is 3.25. The van der Waals surface area contributed by atoms with E-state index in [1.807, 2.05) is 19.1 Å². The number of hydrogen-bond acceptors (Lipinski definition) is 2. The lowest BCUT2D eigenvalue weighted by Crippen LogP contribution is -2.31. The molecule has 0 aliphatic heterocycles. The van der Waals surface area contributed by atoms with Crippen molar-refractivity contribution in [3.05, 3.63) is 34.3 Å². The van der Waals surface area contributed by atoms with Gasteiger partial charge in [0.1, 0.15) is 0 Å². The Morgan fingerprint density at radius 1 is 1.39 bits per heavy atom. The zero-order valence-electron chi connectivity index (χ0n) is 11.1. The van der Waals surface area contributed by atoms with Crippen molar-refractivity contribution in [3.63, 3.8) is 0 Å². The number of amides is 1. The largest absolute Gasteiger partial charge is 0.357 e. The fourth-order valence-electron chi connectivity index (χ4n) is 1.86. The molecule has 0 aromatic heterocycles. The molecule has 1 rings (SSSR count). The fourth-order valence-corrected chi connectivity index (χ4v) is 2.06. The molecule has 0 radical (unpaired) electrons. The number of carbonyl (C=O) groups excluding carboxylic acids is 1. The van der Waals surface area contributed by atoms with Crippen LogP contribution in [0.5, 0.6) is 0 Å². The molecule has 18 heavy (non-hydrogen) atoms. The Morgan fingerprint density at radius 2 is 2.17 bits per heavy atom. The summed E-state index contributed by atoms with van der Waals surface area (Å²) < 4.78 is 0. The topological polar surface area (TPSA) is 32.3 Å². The van der Waals surface area contributed by atoms with Crippen molar-refractivity contribution < 1.29 is 4.79 Å². The number of carbonyl (C=O) groups is 1. The number of nitrogens with zero attached hydrogens (tertiary/aromatic N) is 1. The predicted octanol–water partition coefficient (Wildman–Crippen LogP) is 2.61. The van der Waals surface area contributed by atoms with Gasteiger partial charge in [-0.05, 0) is 37.1 Å². The molecule has 1 amide bonds. The normalized spacial score (nSPS) is 10.7. The van der Waals surface area contributed by atoms with E-state index in [0.29, 0.717) is 6.54 Å². The molecule has 4 heteroatoms. The van der Waals surface area contributed by atoms with Gasteiger partial charge in [0.2, 0.25) is 6.41 Å². The van der Waals surface area contributed by atoms with Gasteiger partial charge in [-0.3, -0.25) is 9.69 Å². The first-order valence-corrected chi connectivity index (χ1v) is 6.69. The van der Waals surface area contributed by atoms with Crippen LogP contribution in [0.2, 0.25) is 5.02 Å². The highest BCUT2D eigenvalue weighted by Crippen LogP contribution is 2.17. The first kappa shape index (κ1) is 15.0. The van der Waals surface area contributed by atoms with Crippen LogP contribution in [0.4, 0.5) is 0 Å². The highest BCUT2D eigenvalue weighted by Gasteiger charge is 2.06. The Hall–Kier alpha value is -1.06. The molecule has 0 saturated carbocycles. The van der Waals surface area contributed by atoms with Crippen molar-refractivity contribution in [2.75, 3.05) is 19.6 Å². The van der Waals surface area contributed by atoms with Gasteiger partial charge in [0.25, 0.3) is 0 Å². The zero-order valence-corrected chi connectivity index (χ0v) is 11.8. The summed E-state index contributed by atoms with van der Waals surface area (Å²) in [6.45, 7) is 7.59. The quantitative estimate of drug-likeness (QED) is 0.581. The maximum atomic E-state index is 10.2. The van der Waals surface area contributed by atoms with E-state index >= 15 is 0 Å². The van der Waals surface area contributed by atoms with Gasteiger partial charge in [0, 0.05) is 24.7 Å². The second kappa shape index (κ2) is 8.11. The summed E-state index contributed by atoms with van der Waals surface area (Å²) in [4.78, 5) is 12.6. The van der Waals surface area contributed by atoms with E-state index in [4.69, 9.17) is 11.6 Å². The maximum absolute atomic E-state index is 10.2. The van der Waals surface area contributed by atoms with Crippen LogP contribution in [0.1, 0.15) is 24.5 Å². The summed E-state index contributed by atoms with van der Waals surface area (Å²) in [5.74, 6) is 0. The molecule has 0 aliphatic carbocycles. The van der Waals surface area contributed by atoms with E-state index in [1.165, 1.54) is 5.56 Å². The van der Waals surface area contributed by atoms with E-state index in [2.05, 4.69) is 23.2 Å². The number of aryl methyl sites for hydroxylation is 1. The molecule has 1 aromatic carbocycles. The Kier molecular flexibility index (Phi) is 6.76. The predicted molar refractivity (Wildman–Crippen MR) is 75.8 cm³/mol. The Balaban J connectivity index is 2.58. The number of benzene rings is 1. The molecule has 1 N–H and O–H groups in total. The highest BCUT2D eigenvalue weighted by atomic mass is 35.5. The van der Waals surface area contributed by atoms with E-state index in [-0.39, 0.29) is 0 Å². The molecule has 0 fully saturated rings. The second-order valence-corrected chi connectivity index (χ2v) is 4.84. The molecule has 0 bridgehead atoms.